The molecule has 2 unspecified atom stereocenters. The molecule has 0 radical (unpaired) electrons. The molecule has 1 aliphatic rings. The Kier molecular flexibility index (Phi) is 3.01. The van der Waals surface area contributed by atoms with Crippen molar-refractivity contribution in [1.29, 1.82) is 0 Å². The van der Waals surface area contributed by atoms with Gasteiger partial charge in [-0.3, -0.25) is 0 Å². The number of β-amino-alcohol motifs (C(OH)–C–C–N with tert-alkyl or cyclic N) is 1. The number of aliphatic hydroxyl groups is 1. The van der Waals surface area contributed by atoms with Gasteiger partial charge in [-0.15, -0.1) is 0 Å². The summed E-state index contributed by atoms with van der Waals surface area (Å²) in [5.74, 6) is 0.795. The SMILES string of the molecule is Cc1nsc(N2CC(O)CC2c2ccccc2)n1. The largest absolute Gasteiger partial charge is 0.391 e. The van der Waals surface area contributed by atoms with Crippen LogP contribution in [-0.4, -0.2) is 27.1 Å². The minimum Gasteiger partial charge on any atom is -0.391 e. The quantitative estimate of drug-likeness (QED) is 0.900. The van der Waals surface area contributed by atoms with E-state index in [1.807, 2.05) is 25.1 Å². The van der Waals surface area contributed by atoms with Gasteiger partial charge in [0.25, 0.3) is 0 Å². The number of aromatic nitrogens is 2. The number of rotatable bonds is 2. The topological polar surface area (TPSA) is 49.2 Å². The first kappa shape index (κ1) is 11.6. The molecular weight excluding hydrogens is 246 g/mol. The minimum atomic E-state index is -0.292. The molecule has 0 aliphatic carbocycles. The van der Waals surface area contributed by atoms with E-state index < -0.39 is 0 Å². The highest BCUT2D eigenvalue weighted by Crippen LogP contribution is 2.36. The Balaban J connectivity index is 1.93. The number of benzene rings is 1. The molecule has 1 aliphatic heterocycles. The molecule has 1 aromatic heterocycles. The van der Waals surface area contributed by atoms with E-state index in [-0.39, 0.29) is 12.1 Å². The van der Waals surface area contributed by atoms with Crippen molar-refractivity contribution in [3.05, 3.63) is 41.7 Å². The molecule has 5 heteroatoms. The van der Waals surface area contributed by atoms with Gasteiger partial charge >= 0.3 is 0 Å². The maximum absolute atomic E-state index is 9.91. The summed E-state index contributed by atoms with van der Waals surface area (Å²) in [5.41, 5.74) is 1.22. The maximum Gasteiger partial charge on any atom is 0.205 e. The monoisotopic (exact) mass is 261 g/mol. The molecule has 0 amide bonds. The van der Waals surface area contributed by atoms with Crippen molar-refractivity contribution in [3.63, 3.8) is 0 Å². The molecule has 2 atom stereocenters. The van der Waals surface area contributed by atoms with Gasteiger partial charge in [-0.05, 0) is 18.9 Å². The number of hydrogen-bond donors (Lipinski definition) is 1. The van der Waals surface area contributed by atoms with Gasteiger partial charge in [0.15, 0.2) is 0 Å². The first-order chi connectivity index (χ1) is 8.74. The first-order valence-corrected chi connectivity index (χ1v) is 6.81. The molecule has 1 fully saturated rings. The highest BCUT2D eigenvalue weighted by atomic mass is 32.1. The molecule has 4 nitrogen and oxygen atoms in total. The van der Waals surface area contributed by atoms with Crippen LogP contribution in [0.3, 0.4) is 0 Å². The lowest BCUT2D eigenvalue weighted by molar-refractivity contribution is 0.194. The number of aryl methyl sites for hydroxylation is 1. The summed E-state index contributed by atoms with van der Waals surface area (Å²) in [6.07, 6.45) is 0.460. The second-order valence-electron chi connectivity index (χ2n) is 4.59. The van der Waals surface area contributed by atoms with Crippen molar-refractivity contribution < 1.29 is 5.11 Å². The lowest BCUT2D eigenvalue weighted by Gasteiger charge is -2.23. The molecule has 2 aromatic rings. The molecule has 3 rings (SSSR count). The molecule has 0 bridgehead atoms. The van der Waals surface area contributed by atoms with E-state index in [9.17, 15) is 5.11 Å². The fraction of sp³-hybridized carbons (Fsp3) is 0.385. The predicted octanol–water partition coefficient (Wildman–Crippen LogP) is 2.16. The van der Waals surface area contributed by atoms with Crippen LogP contribution in [-0.2, 0) is 0 Å². The van der Waals surface area contributed by atoms with Crippen LogP contribution in [0.1, 0.15) is 23.9 Å². The predicted molar refractivity (Wildman–Crippen MR) is 71.8 cm³/mol. The van der Waals surface area contributed by atoms with E-state index in [1.165, 1.54) is 17.1 Å². The van der Waals surface area contributed by atoms with E-state index in [2.05, 4.69) is 26.4 Å². The van der Waals surface area contributed by atoms with E-state index in [1.54, 1.807) is 0 Å². The van der Waals surface area contributed by atoms with Crippen LogP contribution in [0.2, 0.25) is 0 Å². The van der Waals surface area contributed by atoms with Crippen molar-refractivity contribution in [2.24, 2.45) is 0 Å². The van der Waals surface area contributed by atoms with Gasteiger partial charge in [0.2, 0.25) is 5.13 Å². The van der Waals surface area contributed by atoms with Gasteiger partial charge in [0.05, 0.1) is 12.1 Å². The normalized spacial score (nSPS) is 23.6. The van der Waals surface area contributed by atoms with Gasteiger partial charge in [0.1, 0.15) is 5.82 Å². The summed E-state index contributed by atoms with van der Waals surface area (Å²) in [4.78, 5) is 6.58. The molecule has 0 saturated carbocycles. The fourth-order valence-electron chi connectivity index (χ4n) is 2.42. The van der Waals surface area contributed by atoms with Gasteiger partial charge < -0.3 is 10.0 Å². The molecule has 18 heavy (non-hydrogen) atoms. The first-order valence-electron chi connectivity index (χ1n) is 6.04. The molecule has 94 valence electrons. The zero-order valence-electron chi connectivity index (χ0n) is 10.2. The van der Waals surface area contributed by atoms with E-state index in [0.717, 1.165) is 17.4 Å². The van der Waals surface area contributed by atoms with Crippen LogP contribution < -0.4 is 4.90 Å². The van der Waals surface area contributed by atoms with Crippen LogP contribution in [0.5, 0.6) is 0 Å². The molecular formula is C13H15N3OS. The van der Waals surface area contributed by atoms with E-state index in [0.29, 0.717) is 6.54 Å². The minimum absolute atomic E-state index is 0.202. The number of nitrogens with zero attached hydrogens (tertiary/aromatic N) is 3. The summed E-state index contributed by atoms with van der Waals surface area (Å²) in [6.45, 7) is 2.53. The second-order valence-corrected chi connectivity index (χ2v) is 5.32. The third-order valence-corrected chi connectivity index (χ3v) is 4.07. The van der Waals surface area contributed by atoms with Crippen molar-refractivity contribution in [2.75, 3.05) is 11.4 Å². The molecule has 2 heterocycles. The van der Waals surface area contributed by atoms with Crippen LogP contribution in [0.25, 0.3) is 0 Å². The average molecular weight is 261 g/mol. The number of hydrogen-bond acceptors (Lipinski definition) is 5. The Hall–Kier alpha value is -1.46. The summed E-state index contributed by atoms with van der Waals surface area (Å²) >= 11 is 1.40. The number of anilines is 1. The van der Waals surface area contributed by atoms with Crippen LogP contribution in [0, 0.1) is 6.92 Å². The Morgan fingerprint density at radius 1 is 1.33 bits per heavy atom. The van der Waals surface area contributed by atoms with E-state index >= 15 is 0 Å². The Bertz CT molecular complexity index is 528. The maximum atomic E-state index is 9.91. The van der Waals surface area contributed by atoms with Crippen molar-refractivity contribution in [1.82, 2.24) is 9.36 Å². The summed E-state index contributed by atoms with van der Waals surface area (Å²) in [7, 11) is 0. The van der Waals surface area contributed by atoms with Gasteiger partial charge in [-0.25, -0.2) is 4.98 Å². The zero-order valence-corrected chi connectivity index (χ0v) is 11.0. The highest BCUT2D eigenvalue weighted by Gasteiger charge is 2.33. The van der Waals surface area contributed by atoms with Crippen molar-refractivity contribution >= 4 is 16.7 Å². The lowest BCUT2D eigenvalue weighted by atomic mass is 10.0. The Morgan fingerprint density at radius 2 is 2.11 bits per heavy atom. The Labute approximate surface area is 110 Å². The highest BCUT2D eigenvalue weighted by molar-refractivity contribution is 7.09. The zero-order chi connectivity index (χ0) is 12.5. The average Bonchev–Trinajstić information content (AvgIpc) is 2.96. The van der Waals surface area contributed by atoms with E-state index in [4.69, 9.17) is 0 Å². The van der Waals surface area contributed by atoms with Crippen LogP contribution >= 0.6 is 11.5 Å². The van der Waals surface area contributed by atoms with Crippen LogP contribution in [0.4, 0.5) is 5.13 Å². The molecule has 1 aromatic carbocycles. The molecule has 1 saturated heterocycles. The van der Waals surface area contributed by atoms with Crippen molar-refractivity contribution in [2.45, 2.75) is 25.5 Å². The summed E-state index contributed by atoms with van der Waals surface area (Å²) < 4.78 is 4.22. The molecule has 0 spiro atoms. The van der Waals surface area contributed by atoms with Crippen molar-refractivity contribution in [3.8, 4) is 0 Å². The standard InChI is InChI=1S/C13H15N3OS/c1-9-14-13(18-15-9)16-8-11(17)7-12(16)10-5-3-2-4-6-10/h2-6,11-12,17H,7-8H2,1H3. The fourth-order valence-corrected chi connectivity index (χ4v) is 3.15. The smallest absolute Gasteiger partial charge is 0.205 e. The van der Waals surface area contributed by atoms with Gasteiger partial charge in [0, 0.05) is 18.1 Å². The lowest BCUT2D eigenvalue weighted by Crippen LogP contribution is -2.24. The molecule has 1 N–H and O–H groups in total. The van der Waals surface area contributed by atoms with Crippen LogP contribution in [0.15, 0.2) is 30.3 Å². The summed E-state index contributed by atoms with van der Waals surface area (Å²) in [5, 5.41) is 10.8. The third-order valence-electron chi connectivity index (χ3n) is 3.23. The third kappa shape index (κ3) is 2.11. The number of aliphatic hydroxyl groups excluding tert-OH is 1. The summed E-state index contributed by atoms with van der Waals surface area (Å²) in [6, 6.07) is 10.5. The second kappa shape index (κ2) is 4.66. The van der Waals surface area contributed by atoms with Gasteiger partial charge in [-0.1, -0.05) is 30.3 Å². The Morgan fingerprint density at radius 3 is 2.78 bits per heavy atom. The van der Waals surface area contributed by atoms with Gasteiger partial charge in [-0.2, -0.15) is 4.37 Å².